The molecule has 1 saturated carbocycles. The van der Waals surface area contributed by atoms with Crippen molar-refractivity contribution in [1.29, 1.82) is 0 Å². The molecule has 1 aromatic carbocycles. The summed E-state index contributed by atoms with van der Waals surface area (Å²) in [7, 11) is 2.23. The van der Waals surface area contributed by atoms with Gasteiger partial charge in [0.2, 0.25) is 5.91 Å². The normalized spacial score (nSPS) is 30.7. The number of nitrogens with zero attached hydrogens (tertiary/aromatic N) is 2. The van der Waals surface area contributed by atoms with Crippen LogP contribution >= 0.6 is 12.4 Å². The molecule has 1 aliphatic heterocycles. The standard InChI is InChI=1S/C26H37N3O.ClH/c1-16(2)29-15-18-13-24-22(21-6-5-7-23(29)25(18)21)12-19(14-28(24)4)26(30)27-20-10-8-17(3)9-11-20;/h5-7,15-17,19-20,22,24H,8-14H2,1-4H3,(H,27,30);1H/t17?,19?,20?,22-,24-;/m1./s1. The number of rotatable bonds is 3. The lowest BCUT2D eigenvalue weighted by molar-refractivity contribution is -0.128. The van der Waals surface area contributed by atoms with Crippen LogP contribution in [0.4, 0.5) is 0 Å². The SMILES string of the molecule is CC1CCC(NC(=O)C2C[C@@H]3c4cccc5c4c(cn5C(C)C)C[C@H]3N(C)C2)CC1.Cl. The average Bonchev–Trinajstić information content (AvgIpc) is 3.10. The van der Waals surface area contributed by atoms with Gasteiger partial charge in [-0.2, -0.15) is 0 Å². The van der Waals surface area contributed by atoms with Crippen molar-refractivity contribution in [3.05, 3.63) is 35.5 Å². The molecule has 0 radical (unpaired) electrons. The zero-order chi connectivity index (χ0) is 21.0. The Hall–Kier alpha value is -1.52. The third-order valence-electron chi connectivity index (χ3n) is 8.16. The van der Waals surface area contributed by atoms with Crippen LogP contribution in [0.2, 0.25) is 0 Å². The summed E-state index contributed by atoms with van der Waals surface area (Å²) in [5.41, 5.74) is 4.32. The first-order valence-electron chi connectivity index (χ1n) is 12.0. The van der Waals surface area contributed by atoms with E-state index in [0.717, 1.165) is 38.1 Å². The van der Waals surface area contributed by atoms with E-state index in [-0.39, 0.29) is 24.2 Å². The van der Waals surface area contributed by atoms with Crippen LogP contribution in [-0.4, -0.2) is 41.1 Å². The number of hydrogen-bond donors (Lipinski definition) is 1. The van der Waals surface area contributed by atoms with Gasteiger partial charge in [0.1, 0.15) is 0 Å². The van der Waals surface area contributed by atoms with Gasteiger partial charge in [-0.1, -0.05) is 19.1 Å². The number of halogens is 1. The molecule has 1 unspecified atom stereocenters. The molecule has 2 fully saturated rings. The molecule has 2 aliphatic carbocycles. The largest absolute Gasteiger partial charge is 0.353 e. The predicted octanol–water partition coefficient (Wildman–Crippen LogP) is 5.30. The predicted molar refractivity (Wildman–Crippen MR) is 130 cm³/mol. The molecule has 1 N–H and O–H groups in total. The lowest BCUT2D eigenvalue weighted by Crippen LogP contribution is -2.52. The zero-order valence-corrected chi connectivity index (χ0v) is 20.3. The molecule has 0 bridgehead atoms. The molecule has 5 heteroatoms. The van der Waals surface area contributed by atoms with Gasteiger partial charge < -0.3 is 14.8 Å². The van der Waals surface area contributed by atoms with Gasteiger partial charge in [0.15, 0.2) is 0 Å². The van der Waals surface area contributed by atoms with Gasteiger partial charge in [0.25, 0.3) is 0 Å². The highest BCUT2D eigenvalue weighted by atomic mass is 35.5. The Balaban J connectivity index is 0.00000231. The number of likely N-dealkylation sites (N-methyl/N-ethyl adjacent to an activating group) is 1. The molecule has 2 heterocycles. The number of carbonyl (C=O) groups excluding carboxylic acids is 1. The molecule has 4 nitrogen and oxygen atoms in total. The number of piperidine rings is 1. The number of hydrogen-bond acceptors (Lipinski definition) is 2. The summed E-state index contributed by atoms with van der Waals surface area (Å²) in [6.45, 7) is 7.74. The molecule has 1 saturated heterocycles. The molecule has 1 amide bonds. The highest BCUT2D eigenvalue weighted by Crippen LogP contribution is 2.45. The molecular formula is C26H38ClN3O. The van der Waals surface area contributed by atoms with Gasteiger partial charge >= 0.3 is 0 Å². The second-order valence-electron chi connectivity index (χ2n) is 10.6. The molecule has 31 heavy (non-hydrogen) atoms. The van der Waals surface area contributed by atoms with E-state index in [0.29, 0.717) is 24.0 Å². The topological polar surface area (TPSA) is 37.3 Å². The summed E-state index contributed by atoms with van der Waals surface area (Å²) in [6.07, 6.45) is 9.25. The Morgan fingerprint density at radius 2 is 1.90 bits per heavy atom. The Morgan fingerprint density at radius 3 is 2.61 bits per heavy atom. The van der Waals surface area contributed by atoms with Crippen LogP contribution in [0.5, 0.6) is 0 Å². The van der Waals surface area contributed by atoms with Crippen molar-refractivity contribution in [3.63, 3.8) is 0 Å². The van der Waals surface area contributed by atoms with Gasteiger partial charge in [-0.3, -0.25) is 4.79 Å². The average molecular weight is 444 g/mol. The fraction of sp³-hybridized carbons (Fsp3) is 0.654. The lowest BCUT2D eigenvalue weighted by Gasteiger charge is -2.45. The van der Waals surface area contributed by atoms with E-state index in [2.05, 4.69) is 67.0 Å². The van der Waals surface area contributed by atoms with E-state index < -0.39 is 0 Å². The maximum absolute atomic E-state index is 13.2. The van der Waals surface area contributed by atoms with E-state index in [1.807, 2.05) is 0 Å². The summed E-state index contributed by atoms with van der Waals surface area (Å²) in [6, 6.07) is 8.17. The Labute approximate surface area is 193 Å². The summed E-state index contributed by atoms with van der Waals surface area (Å²) in [5.74, 6) is 1.65. The van der Waals surface area contributed by atoms with Gasteiger partial charge in [0, 0.05) is 47.7 Å². The second kappa shape index (κ2) is 8.78. The minimum absolute atomic E-state index is 0. The number of benzene rings is 1. The molecule has 3 atom stereocenters. The van der Waals surface area contributed by atoms with Crippen molar-refractivity contribution in [3.8, 4) is 0 Å². The van der Waals surface area contributed by atoms with Crippen molar-refractivity contribution in [2.75, 3.05) is 13.6 Å². The number of amides is 1. The number of aromatic nitrogens is 1. The van der Waals surface area contributed by atoms with E-state index >= 15 is 0 Å². The third-order valence-corrected chi connectivity index (χ3v) is 8.16. The number of likely N-dealkylation sites (tertiary alicyclic amines) is 1. The first-order chi connectivity index (χ1) is 14.4. The highest BCUT2D eigenvalue weighted by Gasteiger charge is 2.42. The van der Waals surface area contributed by atoms with E-state index in [1.165, 1.54) is 34.9 Å². The minimum atomic E-state index is 0. The molecule has 170 valence electrons. The van der Waals surface area contributed by atoms with Crippen LogP contribution in [0, 0.1) is 11.8 Å². The lowest BCUT2D eigenvalue weighted by atomic mass is 9.72. The second-order valence-corrected chi connectivity index (χ2v) is 10.6. The summed E-state index contributed by atoms with van der Waals surface area (Å²) < 4.78 is 2.43. The number of nitrogens with one attached hydrogen (secondary N) is 1. The molecular weight excluding hydrogens is 406 g/mol. The quantitative estimate of drug-likeness (QED) is 0.698. The van der Waals surface area contributed by atoms with Crippen molar-refractivity contribution >= 4 is 29.2 Å². The fourth-order valence-corrected chi connectivity index (χ4v) is 6.41. The van der Waals surface area contributed by atoms with Crippen LogP contribution in [0.3, 0.4) is 0 Å². The van der Waals surface area contributed by atoms with Crippen molar-refractivity contribution in [2.24, 2.45) is 11.8 Å². The number of carbonyl (C=O) groups is 1. The molecule has 5 rings (SSSR count). The fourth-order valence-electron chi connectivity index (χ4n) is 6.41. The van der Waals surface area contributed by atoms with Gasteiger partial charge in [-0.15, -0.1) is 12.4 Å². The minimum Gasteiger partial charge on any atom is -0.353 e. The van der Waals surface area contributed by atoms with Gasteiger partial charge in [0.05, 0.1) is 5.92 Å². The monoisotopic (exact) mass is 443 g/mol. The smallest absolute Gasteiger partial charge is 0.224 e. The maximum atomic E-state index is 13.2. The molecule has 1 aromatic heterocycles. The van der Waals surface area contributed by atoms with Crippen molar-refractivity contribution < 1.29 is 4.79 Å². The van der Waals surface area contributed by atoms with Crippen LogP contribution < -0.4 is 5.32 Å². The van der Waals surface area contributed by atoms with Gasteiger partial charge in [-0.25, -0.2) is 0 Å². The molecule has 3 aliphatic rings. The first-order valence-corrected chi connectivity index (χ1v) is 12.0. The zero-order valence-electron chi connectivity index (χ0n) is 19.4. The Bertz CT molecular complexity index is 944. The summed E-state index contributed by atoms with van der Waals surface area (Å²) in [4.78, 5) is 15.7. The Kier molecular flexibility index (Phi) is 6.42. The highest BCUT2D eigenvalue weighted by molar-refractivity contribution is 5.89. The van der Waals surface area contributed by atoms with Crippen molar-refractivity contribution in [1.82, 2.24) is 14.8 Å². The van der Waals surface area contributed by atoms with E-state index in [1.54, 1.807) is 0 Å². The summed E-state index contributed by atoms with van der Waals surface area (Å²) in [5, 5.41) is 4.88. The van der Waals surface area contributed by atoms with Crippen LogP contribution in [-0.2, 0) is 11.2 Å². The van der Waals surface area contributed by atoms with Gasteiger partial charge in [-0.05, 0) is 82.5 Å². The van der Waals surface area contributed by atoms with E-state index in [9.17, 15) is 4.79 Å². The summed E-state index contributed by atoms with van der Waals surface area (Å²) >= 11 is 0. The van der Waals surface area contributed by atoms with Crippen LogP contribution in [0.1, 0.15) is 76.0 Å². The van der Waals surface area contributed by atoms with Crippen molar-refractivity contribution in [2.45, 2.75) is 83.3 Å². The molecule has 2 aromatic rings. The van der Waals surface area contributed by atoms with Crippen LogP contribution in [0.25, 0.3) is 10.9 Å². The molecule has 0 spiro atoms. The van der Waals surface area contributed by atoms with E-state index in [4.69, 9.17) is 0 Å². The van der Waals surface area contributed by atoms with Crippen LogP contribution in [0.15, 0.2) is 24.4 Å². The number of fused-ring (bicyclic) bond motifs is 2. The third kappa shape index (κ3) is 4.02. The Morgan fingerprint density at radius 1 is 1.16 bits per heavy atom. The first kappa shape index (κ1) is 22.7. The maximum Gasteiger partial charge on any atom is 0.224 e.